The van der Waals surface area contributed by atoms with E-state index in [9.17, 15) is 14.9 Å². The van der Waals surface area contributed by atoms with E-state index in [1.807, 2.05) is 36.4 Å². The predicted molar refractivity (Wildman–Crippen MR) is 125 cm³/mol. The normalized spacial score (nSPS) is 12.6. The van der Waals surface area contributed by atoms with Gasteiger partial charge < -0.3 is 10.5 Å². The molecule has 0 fully saturated rings. The van der Waals surface area contributed by atoms with Crippen LogP contribution in [-0.2, 0) is 4.79 Å². The van der Waals surface area contributed by atoms with Crippen LogP contribution in [0.1, 0.15) is 22.7 Å². The molecule has 0 radical (unpaired) electrons. The smallest absolute Gasteiger partial charge is 0.277 e. The Morgan fingerprint density at radius 2 is 1.91 bits per heavy atom. The quantitative estimate of drug-likeness (QED) is 0.438. The molecule has 0 spiro atoms. The average Bonchev–Trinajstić information content (AvgIpc) is 3.42. The Labute approximate surface area is 193 Å². The third kappa shape index (κ3) is 4.16. The molecular formula is C24H21N5O3S. The zero-order valence-electron chi connectivity index (χ0n) is 18.0. The number of aryl methyl sites for hydroxylation is 1. The second-order valence-electron chi connectivity index (χ2n) is 7.42. The molecule has 0 unspecified atom stereocenters. The van der Waals surface area contributed by atoms with Crippen LogP contribution in [0, 0.1) is 24.2 Å². The number of methoxy groups -OCH3 is 1. The van der Waals surface area contributed by atoms with Gasteiger partial charge in [-0.15, -0.1) is 0 Å². The predicted octanol–water partition coefficient (Wildman–Crippen LogP) is 3.36. The van der Waals surface area contributed by atoms with Crippen LogP contribution in [0.3, 0.4) is 0 Å². The SMILES string of the molecule is COc1ccc(-c2cnc(-n3[nH]c(C)c([C@H](c4ccccc4)[C@H](C#N)C(N)=O)c3=O)s2)cc1. The van der Waals surface area contributed by atoms with Crippen molar-refractivity contribution in [2.24, 2.45) is 11.7 Å². The van der Waals surface area contributed by atoms with Crippen LogP contribution in [0.4, 0.5) is 0 Å². The Hall–Kier alpha value is -4.16. The molecule has 1 amide bonds. The number of carbonyl (C=O) groups excluding carboxylic acids is 1. The molecule has 4 aromatic rings. The summed E-state index contributed by atoms with van der Waals surface area (Å²) in [7, 11) is 1.61. The second kappa shape index (κ2) is 9.14. The number of aromatic amines is 1. The fourth-order valence-corrected chi connectivity index (χ4v) is 4.69. The summed E-state index contributed by atoms with van der Waals surface area (Å²) < 4.78 is 6.54. The number of ether oxygens (including phenoxy) is 1. The molecule has 0 bridgehead atoms. The van der Waals surface area contributed by atoms with E-state index in [1.54, 1.807) is 44.5 Å². The number of nitrogens with zero attached hydrogens (tertiary/aromatic N) is 3. The van der Waals surface area contributed by atoms with Crippen molar-refractivity contribution in [3.05, 3.63) is 88.0 Å². The van der Waals surface area contributed by atoms with Crippen LogP contribution >= 0.6 is 11.3 Å². The highest BCUT2D eigenvalue weighted by Gasteiger charge is 2.34. The van der Waals surface area contributed by atoms with Crippen molar-refractivity contribution < 1.29 is 9.53 Å². The van der Waals surface area contributed by atoms with Gasteiger partial charge in [0.2, 0.25) is 11.0 Å². The Balaban J connectivity index is 1.79. The molecule has 0 aliphatic carbocycles. The molecule has 2 aromatic heterocycles. The zero-order chi connectivity index (χ0) is 23.5. The molecule has 8 nitrogen and oxygen atoms in total. The summed E-state index contributed by atoms with van der Waals surface area (Å²) in [6.07, 6.45) is 1.69. The number of nitriles is 1. The molecule has 33 heavy (non-hydrogen) atoms. The van der Waals surface area contributed by atoms with Gasteiger partial charge in [0.25, 0.3) is 5.56 Å². The number of aromatic nitrogens is 3. The summed E-state index contributed by atoms with van der Waals surface area (Å²) >= 11 is 1.34. The van der Waals surface area contributed by atoms with Gasteiger partial charge in [0.1, 0.15) is 11.7 Å². The largest absolute Gasteiger partial charge is 0.497 e. The van der Waals surface area contributed by atoms with Crippen LogP contribution < -0.4 is 16.0 Å². The van der Waals surface area contributed by atoms with Gasteiger partial charge in [-0.25, -0.2) is 4.98 Å². The Kier molecular flexibility index (Phi) is 6.11. The molecule has 2 atom stereocenters. The summed E-state index contributed by atoms with van der Waals surface area (Å²) in [6.45, 7) is 1.73. The molecular weight excluding hydrogens is 438 g/mol. The van der Waals surface area contributed by atoms with Crippen molar-refractivity contribution in [1.29, 1.82) is 5.26 Å². The Morgan fingerprint density at radius 3 is 2.52 bits per heavy atom. The van der Waals surface area contributed by atoms with E-state index in [-0.39, 0.29) is 5.56 Å². The van der Waals surface area contributed by atoms with Gasteiger partial charge in [-0.3, -0.25) is 14.7 Å². The number of amides is 1. The molecule has 2 heterocycles. The van der Waals surface area contributed by atoms with Crippen molar-refractivity contribution in [2.75, 3.05) is 7.11 Å². The average molecular weight is 460 g/mol. The first-order chi connectivity index (χ1) is 15.9. The first kappa shape index (κ1) is 22.0. The van der Waals surface area contributed by atoms with Crippen molar-refractivity contribution in [1.82, 2.24) is 14.8 Å². The first-order valence-corrected chi connectivity index (χ1v) is 10.9. The van der Waals surface area contributed by atoms with Crippen LogP contribution in [0.15, 0.2) is 65.6 Å². The number of rotatable bonds is 7. The molecule has 0 saturated heterocycles. The molecule has 0 aliphatic heterocycles. The van der Waals surface area contributed by atoms with Crippen molar-refractivity contribution >= 4 is 17.2 Å². The highest BCUT2D eigenvalue weighted by atomic mass is 32.1. The molecule has 0 aliphatic rings. The Morgan fingerprint density at radius 1 is 1.21 bits per heavy atom. The molecule has 9 heteroatoms. The van der Waals surface area contributed by atoms with Crippen molar-refractivity contribution in [2.45, 2.75) is 12.8 Å². The maximum absolute atomic E-state index is 13.5. The molecule has 2 aromatic carbocycles. The maximum atomic E-state index is 13.5. The van der Waals surface area contributed by atoms with E-state index in [0.717, 1.165) is 16.2 Å². The van der Waals surface area contributed by atoms with Gasteiger partial charge in [-0.05, 0) is 42.3 Å². The highest BCUT2D eigenvalue weighted by molar-refractivity contribution is 7.17. The topological polar surface area (TPSA) is 127 Å². The standard InChI is InChI=1S/C24H21N5O3S/c1-14-20(21(18(12-25)22(26)30)16-6-4-3-5-7-16)23(31)29(28-14)24-27-13-19(33-24)15-8-10-17(32-2)11-9-15/h3-11,13,18,21,28H,1-2H3,(H2,26,30)/t18-,21+/m0/s1. The summed E-state index contributed by atoms with van der Waals surface area (Å²) in [5, 5.41) is 13.2. The number of thiazole rings is 1. The van der Waals surface area contributed by atoms with Crippen LogP contribution in [-0.4, -0.2) is 27.8 Å². The van der Waals surface area contributed by atoms with Crippen LogP contribution in [0.25, 0.3) is 15.6 Å². The molecule has 3 N–H and O–H groups in total. The zero-order valence-corrected chi connectivity index (χ0v) is 18.8. The van der Waals surface area contributed by atoms with E-state index in [1.165, 1.54) is 16.0 Å². The number of hydrogen-bond acceptors (Lipinski definition) is 6. The summed E-state index contributed by atoms with van der Waals surface area (Å²) in [6, 6.07) is 18.5. The van der Waals surface area contributed by atoms with E-state index >= 15 is 0 Å². The summed E-state index contributed by atoms with van der Waals surface area (Å²) in [4.78, 5) is 30.9. The number of carbonyl (C=O) groups is 1. The minimum Gasteiger partial charge on any atom is -0.497 e. The number of benzene rings is 2. The van der Waals surface area contributed by atoms with Crippen LogP contribution in [0.2, 0.25) is 0 Å². The number of primary amides is 1. The number of H-pyrrole nitrogens is 1. The molecule has 0 saturated carbocycles. The molecule has 4 rings (SSSR count). The highest BCUT2D eigenvalue weighted by Crippen LogP contribution is 2.33. The van der Waals surface area contributed by atoms with Gasteiger partial charge in [0.05, 0.1) is 18.1 Å². The van der Waals surface area contributed by atoms with Gasteiger partial charge in [-0.2, -0.15) is 9.94 Å². The number of hydrogen-bond donors (Lipinski definition) is 2. The summed E-state index contributed by atoms with van der Waals surface area (Å²) in [5.41, 5.74) is 7.61. The summed E-state index contributed by atoms with van der Waals surface area (Å²) in [5.74, 6) is -2.04. The molecule has 166 valence electrons. The second-order valence-corrected chi connectivity index (χ2v) is 8.43. The van der Waals surface area contributed by atoms with Gasteiger partial charge in [0.15, 0.2) is 0 Å². The number of nitrogens with one attached hydrogen (secondary N) is 1. The Bertz CT molecular complexity index is 1380. The third-order valence-electron chi connectivity index (χ3n) is 5.42. The fourth-order valence-electron chi connectivity index (χ4n) is 3.81. The maximum Gasteiger partial charge on any atom is 0.277 e. The van der Waals surface area contributed by atoms with E-state index < -0.39 is 17.7 Å². The van der Waals surface area contributed by atoms with E-state index in [0.29, 0.717) is 22.0 Å². The number of nitrogens with two attached hydrogens (primary N) is 1. The van der Waals surface area contributed by atoms with Crippen LogP contribution in [0.5, 0.6) is 5.75 Å². The lowest BCUT2D eigenvalue weighted by Gasteiger charge is -2.19. The van der Waals surface area contributed by atoms with Crippen molar-refractivity contribution in [3.8, 4) is 27.4 Å². The lowest BCUT2D eigenvalue weighted by Crippen LogP contribution is -2.31. The van der Waals surface area contributed by atoms with E-state index in [4.69, 9.17) is 10.5 Å². The van der Waals surface area contributed by atoms with Crippen molar-refractivity contribution in [3.63, 3.8) is 0 Å². The minimum absolute atomic E-state index is 0.313. The van der Waals surface area contributed by atoms with Gasteiger partial charge >= 0.3 is 0 Å². The lowest BCUT2D eigenvalue weighted by molar-refractivity contribution is -0.120. The van der Waals surface area contributed by atoms with E-state index in [2.05, 4.69) is 10.1 Å². The van der Waals surface area contributed by atoms with Gasteiger partial charge in [-0.1, -0.05) is 41.7 Å². The monoisotopic (exact) mass is 459 g/mol. The van der Waals surface area contributed by atoms with Gasteiger partial charge in [0, 0.05) is 23.4 Å². The fraction of sp³-hybridized carbons (Fsp3) is 0.167. The lowest BCUT2D eigenvalue weighted by atomic mass is 9.81. The first-order valence-electron chi connectivity index (χ1n) is 10.1. The third-order valence-corrected chi connectivity index (χ3v) is 6.46. The minimum atomic E-state index is -1.20.